The zero-order valence-electron chi connectivity index (χ0n) is 14.8. The Kier molecular flexibility index (Phi) is 5.10. The van der Waals surface area contributed by atoms with E-state index >= 15 is 0 Å². The van der Waals surface area contributed by atoms with E-state index in [1.54, 1.807) is 37.3 Å². The van der Waals surface area contributed by atoms with Crippen LogP contribution in [-0.4, -0.2) is 29.0 Å². The van der Waals surface area contributed by atoms with E-state index in [-0.39, 0.29) is 23.5 Å². The van der Waals surface area contributed by atoms with Crippen molar-refractivity contribution in [2.45, 2.75) is 19.4 Å². The number of phenolic OH excluding ortho intramolecular Hbond substituents is 1. The number of benzene rings is 2. The lowest BCUT2D eigenvalue weighted by atomic mass is 9.95. The van der Waals surface area contributed by atoms with Gasteiger partial charge in [0.2, 0.25) is 0 Å². The van der Waals surface area contributed by atoms with Gasteiger partial charge in [-0.1, -0.05) is 30.7 Å². The fraction of sp³-hybridized carbons (Fsp3) is 0.200. The average molecular weight is 388 g/mol. The predicted molar refractivity (Wildman–Crippen MR) is 101 cm³/mol. The first-order valence-corrected chi connectivity index (χ1v) is 8.69. The summed E-state index contributed by atoms with van der Waals surface area (Å²) in [5.74, 6) is -1.10. The number of hydrogen-bond donors (Lipinski definition) is 2. The van der Waals surface area contributed by atoms with E-state index in [2.05, 4.69) is 0 Å². The van der Waals surface area contributed by atoms with Gasteiger partial charge in [0.1, 0.15) is 11.5 Å². The van der Waals surface area contributed by atoms with E-state index in [4.69, 9.17) is 16.3 Å². The van der Waals surface area contributed by atoms with Crippen LogP contribution in [0.4, 0.5) is 5.69 Å². The van der Waals surface area contributed by atoms with Crippen molar-refractivity contribution in [1.82, 2.24) is 0 Å². The fourth-order valence-electron chi connectivity index (χ4n) is 3.12. The van der Waals surface area contributed by atoms with E-state index < -0.39 is 17.7 Å². The summed E-state index contributed by atoms with van der Waals surface area (Å²) in [7, 11) is 1.48. The van der Waals surface area contributed by atoms with Crippen LogP contribution in [0.15, 0.2) is 53.8 Å². The largest absolute Gasteiger partial charge is 0.508 e. The fourth-order valence-corrected chi connectivity index (χ4v) is 3.38. The zero-order chi connectivity index (χ0) is 19.7. The zero-order valence-corrected chi connectivity index (χ0v) is 15.5. The van der Waals surface area contributed by atoms with Crippen LogP contribution in [-0.2, 0) is 9.59 Å². The van der Waals surface area contributed by atoms with Gasteiger partial charge in [0.15, 0.2) is 11.5 Å². The number of anilines is 1. The first-order valence-electron chi connectivity index (χ1n) is 8.31. The lowest BCUT2D eigenvalue weighted by Gasteiger charge is -2.27. The molecule has 0 aromatic heterocycles. The van der Waals surface area contributed by atoms with Gasteiger partial charge in [-0.3, -0.25) is 14.5 Å². The van der Waals surface area contributed by atoms with Gasteiger partial charge in [-0.25, -0.2) is 0 Å². The molecule has 1 amide bonds. The first-order chi connectivity index (χ1) is 12.9. The number of rotatable bonds is 5. The highest BCUT2D eigenvalue weighted by molar-refractivity contribution is 6.32. The summed E-state index contributed by atoms with van der Waals surface area (Å²) < 4.78 is 5.13. The van der Waals surface area contributed by atoms with Crippen molar-refractivity contribution in [3.8, 4) is 11.5 Å². The highest BCUT2D eigenvalue weighted by atomic mass is 35.5. The first kappa shape index (κ1) is 18.8. The number of aliphatic hydroxyl groups excluding tert-OH is 1. The minimum absolute atomic E-state index is 0.0279. The van der Waals surface area contributed by atoms with E-state index in [0.29, 0.717) is 22.0 Å². The molecule has 1 atom stereocenters. The molecule has 27 heavy (non-hydrogen) atoms. The standard InChI is InChI=1S/C20H18ClNO5/c1-3-15(24)17-18(11-4-7-13(23)8-5-11)22(20(26)19(17)25)12-6-9-16(27-2)14(21)10-12/h4-10,18,23,25H,3H2,1-2H3. The maximum absolute atomic E-state index is 12.8. The summed E-state index contributed by atoms with van der Waals surface area (Å²) in [6, 6.07) is 10.1. The van der Waals surface area contributed by atoms with Crippen molar-refractivity contribution in [2.24, 2.45) is 0 Å². The highest BCUT2D eigenvalue weighted by Crippen LogP contribution is 2.43. The number of phenols is 1. The van der Waals surface area contributed by atoms with E-state index in [9.17, 15) is 19.8 Å². The molecular weight excluding hydrogens is 370 g/mol. The minimum atomic E-state index is -0.824. The number of aromatic hydroxyl groups is 1. The van der Waals surface area contributed by atoms with Crippen LogP contribution in [0.1, 0.15) is 24.9 Å². The monoisotopic (exact) mass is 387 g/mol. The van der Waals surface area contributed by atoms with Crippen LogP contribution in [0.3, 0.4) is 0 Å². The van der Waals surface area contributed by atoms with Crippen molar-refractivity contribution >= 4 is 29.0 Å². The lowest BCUT2D eigenvalue weighted by Crippen LogP contribution is -2.31. The normalized spacial score (nSPS) is 16.8. The van der Waals surface area contributed by atoms with E-state index in [0.717, 1.165) is 0 Å². The number of carbonyl (C=O) groups is 2. The SMILES string of the molecule is CCC(=O)C1=C(O)C(=O)N(c2ccc(OC)c(Cl)c2)C1c1ccc(O)cc1. The molecule has 1 heterocycles. The smallest absolute Gasteiger partial charge is 0.294 e. The predicted octanol–water partition coefficient (Wildman–Crippen LogP) is 3.93. The molecule has 0 radical (unpaired) electrons. The van der Waals surface area contributed by atoms with Crippen molar-refractivity contribution in [3.63, 3.8) is 0 Å². The third-order valence-electron chi connectivity index (χ3n) is 4.45. The topological polar surface area (TPSA) is 87.1 Å². The van der Waals surface area contributed by atoms with Gasteiger partial charge >= 0.3 is 0 Å². The van der Waals surface area contributed by atoms with Gasteiger partial charge in [0, 0.05) is 12.1 Å². The molecule has 0 fully saturated rings. The van der Waals surface area contributed by atoms with E-state index in [1.807, 2.05) is 0 Å². The molecule has 1 aliphatic heterocycles. The van der Waals surface area contributed by atoms with Crippen molar-refractivity contribution in [3.05, 3.63) is 64.4 Å². The second-order valence-corrected chi connectivity index (χ2v) is 6.43. The van der Waals surface area contributed by atoms with Gasteiger partial charge in [0.05, 0.1) is 23.7 Å². The molecule has 7 heteroatoms. The third-order valence-corrected chi connectivity index (χ3v) is 4.75. The second kappa shape index (κ2) is 7.32. The molecular formula is C20H18ClNO5. The Hall–Kier alpha value is -2.99. The van der Waals surface area contributed by atoms with Crippen LogP contribution in [0.25, 0.3) is 0 Å². The summed E-state index contributed by atoms with van der Waals surface area (Å²) in [5.41, 5.74) is 1.02. The number of amides is 1. The van der Waals surface area contributed by atoms with Crippen LogP contribution >= 0.6 is 11.6 Å². The number of methoxy groups -OCH3 is 1. The summed E-state index contributed by atoms with van der Waals surface area (Å²) in [4.78, 5) is 26.6. The van der Waals surface area contributed by atoms with Crippen LogP contribution in [0, 0.1) is 0 Å². The van der Waals surface area contributed by atoms with Gasteiger partial charge in [-0.2, -0.15) is 0 Å². The van der Waals surface area contributed by atoms with Gasteiger partial charge < -0.3 is 14.9 Å². The highest BCUT2D eigenvalue weighted by Gasteiger charge is 2.43. The number of ketones is 1. The number of aliphatic hydroxyl groups is 1. The molecule has 0 saturated heterocycles. The Morgan fingerprint density at radius 2 is 1.85 bits per heavy atom. The number of ether oxygens (including phenoxy) is 1. The number of carbonyl (C=O) groups excluding carboxylic acids is 2. The third kappa shape index (κ3) is 3.24. The Bertz CT molecular complexity index is 936. The van der Waals surface area contributed by atoms with Gasteiger partial charge in [0.25, 0.3) is 5.91 Å². The number of Topliss-reactive ketones (excluding diaryl/α,β-unsaturated/α-hetero) is 1. The minimum Gasteiger partial charge on any atom is -0.508 e. The van der Waals surface area contributed by atoms with Crippen molar-refractivity contribution < 1.29 is 24.5 Å². The summed E-state index contributed by atoms with van der Waals surface area (Å²) >= 11 is 6.19. The van der Waals surface area contributed by atoms with Gasteiger partial charge in [-0.15, -0.1) is 0 Å². The quantitative estimate of drug-likeness (QED) is 0.811. The number of halogens is 1. The maximum atomic E-state index is 12.8. The molecule has 2 N–H and O–H groups in total. The van der Waals surface area contributed by atoms with Gasteiger partial charge in [-0.05, 0) is 35.9 Å². The molecule has 2 aromatic carbocycles. The van der Waals surface area contributed by atoms with Crippen LogP contribution in [0.2, 0.25) is 5.02 Å². The molecule has 0 spiro atoms. The van der Waals surface area contributed by atoms with Crippen molar-refractivity contribution in [2.75, 3.05) is 12.0 Å². The molecule has 1 unspecified atom stereocenters. The number of hydrogen-bond acceptors (Lipinski definition) is 5. The Morgan fingerprint density at radius 1 is 1.19 bits per heavy atom. The van der Waals surface area contributed by atoms with Crippen molar-refractivity contribution in [1.29, 1.82) is 0 Å². The Balaban J connectivity index is 2.17. The molecule has 1 aliphatic rings. The van der Waals surface area contributed by atoms with Crippen LogP contribution in [0.5, 0.6) is 11.5 Å². The summed E-state index contributed by atoms with van der Waals surface area (Å²) in [6.07, 6.45) is 0.137. The lowest BCUT2D eigenvalue weighted by molar-refractivity contribution is -0.118. The Labute approximate surface area is 161 Å². The second-order valence-electron chi connectivity index (χ2n) is 6.03. The molecule has 0 bridgehead atoms. The molecule has 2 aromatic rings. The maximum Gasteiger partial charge on any atom is 0.294 e. The molecule has 0 saturated carbocycles. The average Bonchev–Trinajstić information content (AvgIpc) is 2.93. The molecule has 6 nitrogen and oxygen atoms in total. The van der Waals surface area contributed by atoms with Crippen LogP contribution < -0.4 is 9.64 Å². The number of nitrogens with zero attached hydrogens (tertiary/aromatic N) is 1. The molecule has 140 valence electrons. The summed E-state index contributed by atoms with van der Waals surface area (Å²) in [6.45, 7) is 1.66. The van der Waals surface area contributed by atoms with E-state index in [1.165, 1.54) is 24.1 Å². The Morgan fingerprint density at radius 3 is 2.41 bits per heavy atom. The molecule has 3 rings (SSSR count). The summed E-state index contributed by atoms with van der Waals surface area (Å²) in [5, 5.41) is 20.3. The molecule has 0 aliphatic carbocycles.